The number of hydrogen-bond donors (Lipinski definition) is 1. The zero-order valence-electron chi connectivity index (χ0n) is 7.05. The molecule has 64 valence electrons. The molecule has 0 spiro atoms. The Kier molecular flexibility index (Phi) is 3.02. The third kappa shape index (κ3) is 2.60. The molecule has 0 bridgehead atoms. The lowest BCUT2D eigenvalue weighted by molar-refractivity contribution is -0.117. The van der Waals surface area contributed by atoms with Crippen molar-refractivity contribution < 1.29 is 4.79 Å². The Balaban J connectivity index is 2.24. The molecule has 0 radical (unpaired) electrons. The number of rotatable bonds is 3. The van der Waals surface area contributed by atoms with Crippen LogP contribution in [0.15, 0.2) is 0 Å². The second-order valence-electron chi connectivity index (χ2n) is 3.33. The van der Waals surface area contributed by atoms with Gasteiger partial charge in [-0.1, -0.05) is 0 Å². The van der Waals surface area contributed by atoms with E-state index in [9.17, 15) is 4.79 Å². The van der Waals surface area contributed by atoms with E-state index in [2.05, 4.69) is 4.90 Å². The van der Waals surface area contributed by atoms with Crippen LogP contribution in [-0.4, -0.2) is 36.9 Å². The van der Waals surface area contributed by atoms with E-state index in [1.165, 1.54) is 0 Å². The quantitative estimate of drug-likeness (QED) is 0.618. The molecule has 2 N–H and O–H groups in total. The third-order valence-electron chi connectivity index (χ3n) is 2.15. The number of carbonyl (C=O) groups excluding carboxylic acids is 1. The van der Waals surface area contributed by atoms with Crippen LogP contribution in [0.2, 0.25) is 0 Å². The van der Waals surface area contributed by atoms with Gasteiger partial charge in [-0.3, -0.25) is 9.69 Å². The van der Waals surface area contributed by atoms with E-state index in [1.807, 2.05) is 0 Å². The second kappa shape index (κ2) is 3.83. The minimum absolute atomic E-state index is 0.252. The third-order valence-corrected chi connectivity index (χ3v) is 2.15. The molecule has 1 atom stereocenters. The molecule has 0 aliphatic carbocycles. The van der Waals surface area contributed by atoms with Gasteiger partial charge in [0.15, 0.2) is 0 Å². The molecule has 11 heavy (non-hydrogen) atoms. The highest BCUT2D eigenvalue weighted by atomic mass is 16.1. The summed E-state index contributed by atoms with van der Waals surface area (Å²) in [4.78, 5) is 12.9. The fraction of sp³-hybridized carbons (Fsp3) is 0.875. The average Bonchev–Trinajstić information content (AvgIpc) is 2.34. The number of hydrogen-bond acceptors (Lipinski definition) is 3. The van der Waals surface area contributed by atoms with Crippen molar-refractivity contribution in [2.75, 3.05) is 26.2 Å². The predicted octanol–water partition coefficient (Wildman–Crippen LogP) is -0.144. The zero-order chi connectivity index (χ0) is 8.27. The summed E-state index contributed by atoms with van der Waals surface area (Å²) >= 11 is 0. The molecular formula is C8H16N2O. The molecule has 3 heteroatoms. The standard InChI is InChI=1S/C8H16N2O/c1-7(11)5-10-3-2-8(4-9)6-10/h8H,2-6,9H2,1H3. The van der Waals surface area contributed by atoms with E-state index >= 15 is 0 Å². The number of Topliss-reactive ketones (excluding diaryl/α,β-unsaturated/α-hetero) is 1. The van der Waals surface area contributed by atoms with Gasteiger partial charge in [0.05, 0.1) is 6.54 Å². The van der Waals surface area contributed by atoms with E-state index in [4.69, 9.17) is 5.73 Å². The van der Waals surface area contributed by atoms with Crippen LogP contribution in [0, 0.1) is 5.92 Å². The van der Waals surface area contributed by atoms with Crippen molar-refractivity contribution in [3.8, 4) is 0 Å². The van der Waals surface area contributed by atoms with Crippen molar-refractivity contribution in [3.05, 3.63) is 0 Å². The van der Waals surface area contributed by atoms with Gasteiger partial charge in [-0.15, -0.1) is 0 Å². The Morgan fingerprint density at radius 1 is 1.73 bits per heavy atom. The highest BCUT2D eigenvalue weighted by Gasteiger charge is 2.21. The summed E-state index contributed by atoms with van der Waals surface area (Å²) in [6.45, 7) is 5.05. The fourth-order valence-electron chi connectivity index (χ4n) is 1.56. The maximum absolute atomic E-state index is 10.7. The Labute approximate surface area is 67.5 Å². The van der Waals surface area contributed by atoms with Crippen molar-refractivity contribution in [2.24, 2.45) is 11.7 Å². The molecule has 1 fully saturated rings. The smallest absolute Gasteiger partial charge is 0.143 e. The van der Waals surface area contributed by atoms with Gasteiger partial charge in [0.2, 0.25) is 0 Å². The Morgan fingerprint density at radius 2 is 2.45 bits per heavy atom. The van der Waals surface area contributed by atoms with Crippen LogP contribution in [0.5, 0.6) is 0 Å². The fourth-order valence-corrected chi connectivity index (χ4v) is 1.56. The molecule has 0 aromatic rings. The lowest BCUT2D eigenvalue weighted by Gasteiger charge is -2.12. The van der Waals surface area contributed by atoms with Crippen LogP contribution in [0.25, 0.3) is 0 Å². The number of nitrogens with zero attached hydrogens (tertiary/aromatic N) is 1. The Hall–Kier alpha value is -0.410. The Bertz CT molecular complexity index is 147. The van der Waals surface area contributed by atoms with Crippen LogP contribution < -0.4 is 5.73 Å². The van der Waals surface area contributed by atoms with E-state index in [-0.39, 0.29) is 5.78 Å². The summed E-state index contributed by atoms with van der Waals surface area (Å²) in [6, 6.07) is 0. The van der Waals surface area contributed by atoms with Crippen molar-refractivity contribution in [1.82, 2.24) is 4.90 Å². The summed E-state index contributed by atoms with van der Waals surface area (Å²) in [5.74, 6) is 0.872. The summed E-state index contributed by atoms with van der Waals surface area (Å²) in [7, 11) is 0. The van der Waals surface area contributed by atoms with E-state index in [0.717, 1.165) is 26.1 Å². The molecule has 1 saturated heterocycles. The summed E-state index contributed by atoms with van der Waals surface area (Å²) in [5, 5.41) is 0. The Morgan fingerprint density at radius 3 is 2.91 bits per heavy atom. The van der Waals surface area contributed by atoms with Crippen LogP contribution >= 0.6 is 0 Å². The van der Waals surface area contributed by atoms with Crippen molar-refractivity contribution in [2.45, 2.75) is 13.3 Å². The molecule has 0 aromatic heterocycles. The van der Waals surface area contributed by atoms with E-state index in [0.29, 0.717) is 12.5 Å². The summed E-state index contributed by atoms with van der Waals surface area (Å²) in [6.07, 6.45) is 1.16. The van der Waals surface area contributed by atoms with Gasteiger partial charge < -0.3 is 5.73 Å². The molecule has 3 nitrogen and oxygen atoms in total. The van der Waals surface area contributed by atoms with Crippen LogP contribution in [0.3, 0.4) is 0 Å². The molecule has 0 saturated carbocycles. The van der Waals surface area contributed by atoms with Crippen LogP contribution in [-0.2, 0) is 4.79 Å². The maximum atomic E-state index is 10.7. The van der Waals surface area contributed by atoms with Gasteiger partial charge in [0, 0.05) is 6.54 Å². The minimum atomic E-state index is 0.252. The van der Waals surface area contributed by atoms with Crippen molar-refractivity contribution in [3.63, 3.8) is 0 Å². The highest BCUT2D eigenvalue weighted by molar-refractivity contribution is 5.77. The lowest BCUT2D eigenvalue weighted by Crippen LogP contribution is -2.27. The molecule has 1 rings (SSSR count). The molecule has 1 aliphatic rings. The molecule has 0 aromatic carbocycles. The SMILES string of the molecule is CC(=O)CN1CCC(CN)C1. The van der Waals surface area contributed by atoms with E-state index < -0.39 is 0 Å². The number of carbonyl (C=O) groups is 1. The van der Waals surface area contributed by atoms with Gasteiger partial charge in [-0.2, -0.15) is 0 Å². The van der Waals surface area contributed by atoms with Gasteiger partial charge in [0.25, 0.3) is 0 Å². The van der Waals surface area contributed by atoms with Gasteiger partial charge in [0.1, 0.15) is 5.78 Å². The largest absolute Gasteiger partial charge is 0.330 e. The normalized spacial score (nSPS) is 25.8. The summed E-state index contributed by atoms with van der Waals surface area (Å²) in [5.41, 5.74) is 5.52. The molecule has 0 amide bonds. The maximum Gasteiger partial charge on any atom is 0.143 e. The molecule has 1 heterocycles. The minimum Gasteiger partial charge on any atom is -0.330 e. The lowest BCUT2D eigenvalue weighted by atomic mass is 10.1. The highest BCUT2D eigenvalue weighted by Crippen LogP contribution is 2.13. The monoisotopic (exact) mass is 156 g/mol. The van der Waals surface area contributed by atoms with E-state index in [1.54, 1.807) is 6.92 Å². The summed E-state index contributed by atoms with van der Waals surface area (Å²) < 4.78 is 0. The molecule has 1 unspecified atom stereocenters. The predicted molar refractivity (Wildman–Crippen MR) is 44.3 cm³/mol. The zero-order valence-corrected chi connectivity index (χ0v) is 7.05. The van der Waals surface area contributed by atoms with Crippen molar-refractivity contribution in [1.29, 1.82) is 0 Å². The topological polar surface area (TPSA) is 46.3 Å². The van der Waals surface area contributed by atoms with Gasteiger partial charge in [-0.25, -0.2) is 0 Å². The average molecular weight is 156 g/mol. The molecular weight excluding hydrogens is 140 g/mol. The first kappa shape index (κ1) is 8.68. The van der Waals surface area contributed by atoms with Crippen LogP contribution in [0.4, 0.5) is 0 Å². The number of ketones is 1. The number of likely N-dealkylation sites (tertiary alicyclic amines) is 1. The van der Waals surface area contributed by atoms with Crippen LogP contribution in [0.1, 0.15) is 13.3 Å². The molecule has 1 aliphatic heterocycles. The van der Waals surface area contributed by atoms with Gasteiger partial charge >= 0.3 is 0 Å². The van der Waals surface area contributed by atoms with Crippen molar-refractivity contribution >= 4 is 5.78 Å². The first-order valence-electron chi connectivity index (χ1n) is 4.14. The second-order valence-corrected chi connectivity index (χ2v) is 3.33. The first-order valence-corrected chi connectivity index (χ1v) is 4.14. The first-order chi connectivity index (χ1) is 5.22. The number of nitrogens with two attached hydrogens (primary N) is 1. The van der Waals surface area contributed by atoms with Gasteiger partial charge in [-0.05, 0) is 32.4 Å².